The summed E-state index contributed by atoms with van der Waals surface area (Å²) < 4.78 is 11.0. The van der Waals surface area contributed by atoms with Crippen molar-refractivity contribution in [2.24, 2.45) is 10.9 Å². The van der Waals surface area contributed by atoms with Crippen molar-refractivity contribution in [3.8, 4) is 11.5 Å². The van der Waals surface area contributed by atoms with Crippen molar-refractivity contribution < 1.29 is 14.3 Å². The SMILES string of the molecule is CCOc1c(Cl)cc(CNC(=NC)N2CCC(CC(=O)NC)CC2)cc1OC.I. The van der Waals surface area contributed by atoms with Gasteiger partial charge in [0.25, 0.3) is 0 Å². The first-order chi connectivity index (χ1) is 13.5. The van der Waals surface area contributed by atoms with Crippen LogP contribution in [0, 0.1) is 5.92 Å². The molecule has 9 heteroatoms. The van der Waals surface area contributed by atoms with Crippen LogP contribution in [0.3, 0.4) is 0 Å². The molecule has 0 bridgehead atoms. The van der Waals surface area contributed by atoms with Gasteiger partial charge in [-0.05, 0) is 43.4 Å². The second kappa shape index (κ2) is 13.0. The van der Waals surface area contributed by atoms with Crippen LogP contribution in [-0.4, -0.2) is 57.7 Å². The largest absolute Gasteiger partial charge is 0.493 e. The summed E-state index contributed by atoms with van der Waals surface area (Å²) in [5.41, 5.74) is 0.987. The molecule has 29 heavy (non-hydrogen) atoms. The molecule has 0 saturated carbocycles. The molecule has 1 fully saturated rings. The number of aliphatic imine (C=N–C) groups is 1. The maximum absolute atomic E-state index is 11.6. The zero-order valence-corrected chi connectivity index (χ0v) is 20.7. The Balaban J connectivity index is 0.00000420. The fourth-order valence-corrected chi connectivity index (χ4v) is 3.67. The Morgan fingerprint density at radius 1 is 1.34 bits per heavy atom. The van der Waals surface area contributed by atoms with Crippen LogP contribution >= 0.6 is 35.6 Å². The Morgan fingerprint density at radius 3 is 2.59 bits per heavy atom. The minimum absolute atomic E-state index is 0. The second-order valence-corrected chi connectivity index (χ2v) is 7.16. The zero-order chi connectivity index (χ0) is 20.5. The van der Waals surface area contributed by atoms with E-state index in [1.165, 1.54) is 0 Å². The van der Waals surface area contributed by atoms with Gasteiger partial charge in [-0.2, -0.15) is 0 Å². The highest BCUT2D eigenvalue weighted by molar-refractivity contribution is 14.0. The van der Waals surface area contributed by atoms with Crippen LogP contribution in [0.25, 0.3) is 0 Å². The Labute approximate surface area is 195 Å². The Morgan fingerprint density at radius 2 is 2.03 bits per heavy atom. The highest BCUT2D eigenvalue weighted by Gasteiger charge is 2.23. The van der Waals surface area contributed by atoms with Gasteiger partial charge in [-0.1, -0.05) is 11.6 Å². The molecule has 0 unspecified atom stereocenters. The molecule has 1 aromatic rings. The molecule has 7 nitrogen and oxygen atoms in total. The van der Waals surface area contributed by atoms with E-state index in [4.69, 9.17) is 21.1 Å². The van der Waals surface area contributed by atoms with Gasteiger partial charge in [0.1, 0.15) is 0 Å². The summed E-state index contributed by atoms with van der Waals surface area (Å²) in [6.45, 7) is 4.78. The number of methoxy groups -OCH3 is 1. The van der Waals surface area contributed by atoms with Crippen LogP contribution in [0.15, 0.2) is 17.1 Å². The number of benzene rings is 1. The van der Waals surface area contributed by atoms with Gasteiger partial charge >= 0.3 is 0 Å². The van der Waals surface area contributed by atoms with Gasteiger partial charge in [-0.25, -0.2) is 0 Å². The van der Waals surface area contributed by atoms with E-state index in [-0.39, 0.29) is 29.9 Å². The summed E-state index contributed by atoms with van der Waals surface area (Å²) >= 11 is 6.35. The van der Waals surface area contributed by atoms with E-state index in [0.717, 1.165) is 37.5 Å². The first kappa shape index (κ1) is 25.6. The molecule has 0 aromatic heterocycles. The van der Waals surface area contributed by atoms with E-state index in [1.54, 1.807) is 21.2 Å². The van der Waals surface area contributed by atoms with Gasteiger partial charge in [-0.3, -0.25) is 9.79 Å². The van der Waals surface area contributed by atoms with Crippen LogP contribution in [0.1, 0.15) is 31.7 Å². The quantitative estimate of drug-likeness (QED) is 0.317. The van der Waals surface area contributed by atoms with Crippen molar-refractivity contribution in [1.82, 2.24) is 15.5 Å². The summed E-state index contributed by atoms with van der Waals surface area (Å²) in [7, 11) is 5.07. The summed E-state index contributed by atoms with van der Waals surface area (Å²) in [5, 5.41) is 6.63. The highest BCUT2D eigenvalue weighted by Crippen LogP contribution is 2.36. The number of carbonyl (C=O) groups is 1. The van der Waals surface area contributed by atoms with Crippen molar-refractivity contribution in [1.29, 1.82) is 0 Å². The average Bonchev–Trinajstić information content (AvgIpc) is 2.71. The van der Waals surface area contributed by atoms with Gasteiger partial charge in [0.15, 0.2) is 17.5 Å². The van der Waals surface area contributed by atoms with Crippen LogP contribution in [0.4, 0.5) is 0 Å². The maximum atomic E-state index is 11.6. The standard InChI is InChI=1S/C20H31ClN4O3.HI/c1-5-28-19-16(21)10-15(11-17(19)27-4)13-24-20(23-3)25-8-6-14(7-9-25)12-18(26)22-2;/h10-11,14H,5-9,12-13H2,1-4H3,(H,22,26)(H,23,24);1H. The monoisotopic (exact) mass is 538 g/mol. The van der Waals surface area contributed by atoms with E-state index >= 15 is 0 Å². The van der Waals surface area contributed by atoms with Crippen molar-refractivity contribution in [3.63, 3.8) is 0 Å². The molecule has 1 aliphatic rings. The fraction of sp³-hybridized carbons (Fsp3) is 0.600. The smallest absolute Gasteiger partial charge is 0.220 e. The third-order valence-electron chi connectivity index (χ3n) is 4.91. The topological polar surface area (TPSA) is 75.2 Å². The number of carbonyl (C=O) groups excluding carboxylic acids is 1. The van der Waals surface area contributed by atoms with Crippen molar-refractivity contribution >= 4 is 47.4 Å². The molecule has 1 aliphatic heterocycles. The predicted octanol–water partition coefficient (Wildman–Crippen LogP) is 3.29. The molecule has 1 amide bonds. The van der Waals surface area contributed by atoms with Crippen LogP contribution < -0.4 is 20.1 Å². The third kappa shape index (κ3) is 7.40. The Hall–Kier alpha value is -1.42. The fourth-order valence-electron chi connectivity index (χ4n) is 3.39. The third-order valence-corrected chi connectivity index (χ3v) is 5.19. The Bertz CT molecular complexity index is 695. The predicted molar refractivity (Wildman–Crippen MR) is 128 cm³/mol. The molecule has 164 valence electrons. The molecule has 2 rings (SSSR count). The number of amides is 1. The normalized spacial score (nSPS) is 14.8. The van der Waals surface area contributed by atoms with Gasteiger partial charge in [0, 0.05) is 40.2 Å². The van der Waals surface area contributed by atoms with Crippen LogP contribution in [-0.2, 0) is 11.3 Å². The molecule has 0 spiro atoms. The number of ether oxygens (including phenoxy) is 2. The lowest BCUT2D eigenvalue weighted by Gasteiger charge is -2.34. The van der Waals surface area contributed by atoms with Gasteiger partial charge < -0.3 is 25.0 Å². The molecule has 2 N–H and O–H groups in total. The van der Waals surface area contributed by atoms with Crippen LogP contribution in [0.2, 0.25) is 5.02 Å². The molecular weight excluding hydrogens is 507 g/mol. The number of halogens is 2. The lowest BCUT2D eigenvalue weighted by atomic mass is 9.93. The Kier molecular flexibility index (Phi) is 11.5. The maximum Gasteiger partial charge on any atom is 0.220 e. The van der Waals surface area contributed by atoms with Crippen LogP contribution in [0.5, 0.6) is 11.5 Å². The highest BCUT2D eigenvalue weighted by atomic mass is 127. The summed E-state index contributed by atoms with van der Waals surface area (Å²) in [4.78, 5) is 18.2. The van der Waals surface area contributed by atoms with Crippen molar-refractivity contribution in [2.75, 3.05) is 40.9 Å². The molecule has 1 aromatic carbocycles. The molecule has 0 aliphatic carbocycles. The number of hydrogen-bond acceptors (Lipinski definition) is 4. The first-order valence-corrected chi connectivity index (χ1v) is 10.1. The van der Waals surface area contributed by atoms with Crippen molar-refractivity contribution in [2.45, 2.75) is 32.7 Å². The number of piperidine rings is 1. The van der Waals surface area contributed by atoms with E-state index in [2.05, 4.69) is 20.5 Å². The van der Waals surface area contributed by atoms with Gasteiger partial charge in [0.2, 0.25) is 5.91 Å². The number of nitrogens with zero attached hydrogens (tertiary/aromatic N) is 2. The van der Waals surface area contributed by atoms with Gasteiger partial charge in [-0.15, -0.1) is 24.0 Å². The lowest BCUT2D eigenvalue weighted by molar-refractivity contribution is -0.121. The molecule has 0 radical (unpaired) electrons. The number of likely N-dealkylation sites (tertiary alicyclic amines) is 1. The lowest BCUT2D eigenvalue weighted by Crippen LogP contribution is -2.45. The second-order valence-electron chi connectivity index (χ2n) is 6.75. The minimum Gasteiger partial charge on any atom is -0.493 e. The summed E-state index contributed by atoms with van der Waals surface area (Å²) in [5.74, 6) is 2.59. The average molecular weight is 539 g/mol. The van der Waals surface area contributed by atoms with Crippen molar-refractivity contribution in [3.05, 3.63) is 22.7 Å². The minimum atomic E-state index is 0. The van der Waals surface area contributed by atoms with E-state index in [9.17, 15) is 4.79 Å². The van der Waals surface area contributed by atoms with E-state index < -0.39 is 0 Å². The summed E-state index contributed by atoms with van der Waals surface area (Å²) in [6, 6.07) is 3.80. The van der Waals surface area contributed by atoms with E-state index in [1.807, 2.05) is 19.1 Å². The number of rotatable bonds is 7. The molecule has 1 saturated heterocycles. The molecular formula is C20H32ClIN4O3. The first-order valence-electron chi connectivity index (χ1n) is 9.67. The van der Waals surface area contributed by atoms with Gasteiger partial charge in [0.05, 0.1) is 18.7 Å². The number of nitrogens with one attached hydrogen (secondary N) is 2. The summed E-state index contributed by atoms with van der Waals surface area (Å²) in [6.07, 6.45) is 2.56. The van der Waals surface area contributed by atoms with E-state index in [0.29, 0.717) is 42.0 Å². The number of hydrogen-bond donors (Lipinski definition) is 2. The molecule has 0 atom stereocenters. The molecule has 1 heterocycles. The zero-order valence-electron chi connectivity index (χ0n) is 17.6. The number of guanidine groups is 1.